The largest absolute Gasteiger partial charge is 0.329 e. The van der Waals surface area contributed by atoms with Crippen molar-refractivity contribution in [2.24, 2.45) is 0 Å². The smallest absolute Gasteiger partial charge is 0.250 e. The second kappa shape index (κ2) is 4.40. The molecular weight excluding hydrogens is 230 g/mol. The van der Waals surface area contributed by atoms with E-state index in [1.165, 1.54) is 0 Å². The average molecular weight is 245 g/mol. The maximum atomic E-state index is 12.4. The van der Waals surface area contributed by atoms with E-state index in [1.807, 2.05) is 6.07 Å². The molecule has 3 heterocycles. The van der Waals surface area contributed by atoms with Crippen LogP contribution in [-0.4, -0.2) is 40.8 Å². The highest BCUT2D eigenvalue weighted by atomic mass is 16.2. The molecule has 2 aliphatic rings. The Labute approximate surface area is 105 Å². The van der Waals surface area contributed by atoms with Crippen molar-refractivity contribution >= 4 is 17.5 Å². The van der Waals surface area contributed by atoms with Crippen molar-refractivity contribution in [3.8, 4) is 0 Å². The van der Waals surface area contributed by atoms with Gasteiger partial charge in [0.05, 0.1) is 11.9 Å². The summed E-state index contributed by atoms with van der Waals surface area (Å²) in [4.78, 5) is 31.8. The van der Waals surface area contributed by atoms with Gasteiger partial charge in [0, 0.05) is 12.7 Å². The first-order valence-electron chi connectivity index (χ1n) is 6.28. The summed E-state index contributed by atoms with van der Waals surface area (Å²) in [5, 5.41) is 0. The molecule has 0 radical (unpaired) electrons. The Kier molecular flexibility index (Phi) is 2.74. The van der Waals surface area contributed by atoms with Gasteiger partial charge < -0.3 is 4.90 Å². The van der Waals surface area contributed by atoms with E-state index in [9.17, 15) is 9.59 Å². The molecule has 1 aromatic heterocycles. The highest BCUT2D eigenvalue weighted by molar-refractivity contribution is 6.06. The molecule has 0 bridgehead atoms. The number of hydrogen-bond acceptors (Lipinski definition) is 3. The van der Waals surface area contributed by atoms with Crippen LogP contribution in [0.3, 0.4) is 0 Å². The van der Waals surface area contributed by atoms with Crippen LogP contribution in [-0.2, 0) is 9.59 Å². The number of amides is 2. The molecule has 0 N–H and O–H groups in total. The molecule has 5 heteroatoms. The Bertz CT molecular complexity index is 474. The topological polar surface area (TPSA) is 53.5 Å². The van der Waals surface area contributed by atoms with Gasteiger partial charge in [-0.1, -0.05) is 0 Å². The standard InChI is InChI=1S/C13H15N3O2/c17-12-9-16(10-4-3-6-14-8-10)13(18)11-5-1-2-7-15(11)12/h3-4,6,8,11H,1-2,5,7,9H2. The van der Waals surface area contributed by atoms with Gasteiger partial charge in [-0.15, -0.1) is 0 Å². The Morgan fingerprint density at radius 3 is 2.94 bits per heavy atom. The van der Waals surface area contributed by atoms with Gasteiger partial charge >= 0.3 is 0 Å². The van der Waals surface area contributed by atoms with Crippen LogP contribution in [0, 0.1) is 0 Å². The molecule has 0 saturated carbocycles. The number of piperidine rings is 1. The van der Waals surface area contributed by atoms with Gasteiger partial charge in [0.2, 0.25) is 11.8 Å². The minimum absolute atomic E-state index is 0.0299. The molecule has 2 saturated heterocycles. The van der Waals surface area contributed by atoms with Crippen LogP contribution in [0.1, 0.15) is 19.3 Å². The third-order valence-corrected chi connectivity index (χ3v) is 3.63. The van der Waals surface area contributed by atoms with E-state index in [0.717, 1.165) is 25.8 Å². The molecule has 94 valence electrons. The van der Waals surface area contributed by atoms with Gasteiger partial charge in [-0.05, 0) is 31.4 Å². The Morgan fingerprint density at radius 1 is 1.28 bits per heavy atom. The lowest BCUT2D eigenvalue weighted by molar-refractivity contribution is -0.144. The lowest BCUT2D eigenvalue weighted by Crippen LogP contribution is -2.61. The van der Waals surface area contributed by atoms with Crippen LogP contribution in [0.25, 0.3) is 0 Å². The molecule has 5 nitrogen and oxygen atoms in total. The van der Waals surface area contributed by atoms with Gasteiger partial charge in [0.1, 0.15) is 12.6 Å². The summed E-state index contributed by atoms with van der Waals surface area (Å²) in [5.41, 5.74) is 0.709. The molecule has 0 aromatic carbocycles. The minimum Gasteiger partial charge on any atom is -0.329 e. The van der Waals surface area contributed by atoms with Crippen molar-refractivity contribution in [1.82, 2.24) is 9.88 Å². The molecule has 1 atom stereocenters. The van der Waals surface area contributed by atoms with E-state index in [1.54, 1.807) is 28.3 Å². The maximum Gasteiger partial charge on any atom is 0.250 e. The molecule has 0 aliphatic carbocycles. The lowest BCUT2D eigenvalue weighted by atomic mass is 9.98. The van der Waals surface area contributed by atoms with Crippen molar-refractivity contribution in [1.29, 1.82) is 0 Å². The molecule has 1 aromatic rings. The molecule has 18 heavy (non-hydrogen) atoms. The monoisotopic (exact) mass is 245 g/mol. The molecule has 3 rings (SSSR count). The van der Waals surface area contributed by atoms with Gasteiger partial charge in [0.15, 0.2) is 0 Å². The number of piperazine rings is 1. The number of carbonyl (C=O) groups excluding carboxylic acids is 2. The summed E-state index contributed by atoms with van der Waals surface area (Å²) >= 11 is 0. The number of anilines is 1. The van der Waals surface area contributed by atoms with Crippen LogP contribution in [0.4, 0.5) is 5.69 Å². The summed E-state index contributed by atoms with van der Waals surface area (Å²) in [6, 6.07) is 3.33. The quantitative estimate of drug-likeness (QED) is 0.735. The Morgan fingerprint density at radius 2 is 2.17 bits per heavy atom. The average Bonchev–Trinajstić information content (AvgIpc) is 2.44. The number of pyridine rings is 1. The number of hydrogen-bond donors (Lipinski definition) is 0. The number of carbonyl (C=O) groups is 2. The fourth-order valence-corrected chi connectivity index (χ4v) is 2.70. The second-order valence-electron chi connectivity index (χ2n) is 4.73. The van der Waals surface area contributed by atoms with E-state index in [2.05, 4.69) is 4.98 Å². The van der Waals surface area contributed by atoms with Crippen LogP contribution in [0.2, 0.25) is 0 Å². The van der Waals surface area contributed by atoms with E-state index >= 15 is 0 Å². The predicted molar refractivity (Wildman–Crippen MR) is 65.9 cm³/mol. The zero-order valence-corrected chi connectivity index (χ0v) is 10.1. The van der Waals surface area contributed by atoms with Crippen molar-refractivity contribution in [2.45, 2.75) is 25.3 Å². The van der Waals surface area contributed by atoms with Crippen LogP contribution < -0.4 is 4.90 Å². The second-order valence-corrected chi connectivity index (χ2v) is 4.73. The molecule has 0 spiro atoms. The molecule has 2 fully saturated rings. The molecule has 1 unspecified atom stereocenters. The molecule has 2 amide bonds. The first-order chi connectivity index (χ1) is 8.77. The highest BCUT2D eigenvalue weighted by Crippen LogP contribution is 2.26. The number of aromatic nitrogens is 1. The summed E-state index contributed by atoms with van der Waals surface area (Å²) in [7, 11) is 0. The van der Waals surface area contributed by atoms with E-state index in [4.69, 9.17) is 0 Å². The van der Waals surface area contributed by atoms with Crippen LogP contribution >= 0.6 is 0 Å². The summed E-state index contributed by atoms with van der Waals surface area (Å²) in [5.74, 6) is 0.0745. The SMILES string of the molecule is O=C1C2CCCCN2C(=O)CN1c1cccnc1. The fourth-order valence-electron chi connectivity index (χ4n) is 2.70. The van der Waals surface area contributed by atoms with Gasteiger partial charge in [-0.3, -0.25) is 19.5 Å². The van der Waals surface area contributed by atoms with E-state index < -0.39 is 0 Å². The van der Waals surface area contributed by atoms with Crippen LogP contribution in [0.5, 0.6) is 0 Å². The van der Waals surface area contributed by atoms with Crippen LogP contribution in [0.15, 0.2) is 24.5 Å². The normalized spacial score (nSPS) is 24.1. The zero-order chi connectivity index (χ0) is 12.5. The van der Waals surface area contributed by atoms with Gasteiger partial charge in [-0.25, -0.2) is 0 Å². The predicted octanol–water partition coefficient (Wildman–Crippen LogP) is 0.809. The maximum absolute atomic E-state index is 12.4. The van der Waals surface area contributed by atoms with E-state index in [-0.39, 0.29) is 24.4 Å². The third-order valence-electron chi connectivity index (χ3n) is 3.63. The fraction of sp³-hybridized carbons (Fsp3) is 0.462. The van der Waals surface area contributed by atoms with Crippen molar-refractivity contribution in [2.75, 3.05) is 18.0 Å². The van der Waals surface area contributed by atoms with Gasteiger partial charge in [-0.2, -0.15) is 0 Å². The highest BCUT2D eigenvalue weighted by Gasteiger charge is 2.40. The Hall–Kier alpha value is -1.91. The lowest BCUT2D eigenvalue weighted by Gasteiger charge is -2.42. The molecule has 2 aliphatic heterocycles. The first kappa shape index (κ1) is 11.2. The Balaban J connectivity index is 1.90. The molecular formula is C13H15N3O2. The first-order valence-corrected chi connectivity index (χ1v) is 6.28. The summed E-state index contributed by atoms with van der Waals surface area (Å²) in [6.07, 6.45) is 6.08. The van der Waals surface area contributed by atoms with Crippen molar-refractivity contribution in [3.05, 3.63) is 24.5 Å². The van der Waals surface area contributed by atoms with Gasteiger partial charge in [0.25, 0.3) is 0 Å². The third kappa shape index (κ3) is 1.75. The summed E-state index contributed by atoms with van der Waals surface area (Å²) in [6.45, 7) is 0.858. The summed E-state index contributed by atoms with van der Waals surface area (Å²) < 4.78 is 0. The van der Waals surface area contributed by atoms with E-state index in [0.29, 0.717) is 5.69 Å². The van der Waals surface area contributed by atoms with Crippen molar-refractivity contribution in [3.63, 3.8) is 0 Å². The minimum atomic E-state index is -0.264. The zero-order valence-electron chi connectivity index (χ0n) is 10.1. The number of nitrogens with zero attached hydrogens (tertiary/aromatic N) is 3. The number of fused-ring (bicyclic) bond motifs is 1. The number of rotatable bonds is 1. The van der Waals surface area contributed by atoms with Crippen molar-refractivity contribution < 1.29 is 9.59 Å².